The van der Waals surface area contributed by atoms with Crippen molar-refractivity contribution >= 4 is 41.1 Å². The summed E-state index contributed by atoms with van der Waals surface area (Å²) in [5.41, 5.74) is 4.62. The van der Waals surface area contributed by atoms with Crippen LogP contribution < -0.4 is 30.7 Å². The number of hydrogen-bond acceptors (Lipinski definition) is 14. The molecule has 0 aliphatic rings. The molecule has 48 heavy (non-hydrogen) atoms. The lowest BCUT2D eigenvalue weighted by Crippen LogP contribution is -2.36. The topological polar surface area (TPSA) is 240 Å². The normalized spacial score (nSPS) is 11.9. The third-order valence-corrected chi connectivity index (χ3v) is 6.45. The molecule has 0 saturated carbocycles. The number of rotatable bonds is 11. The zero-order chi connectivity index (χ0) is 35.0. The van der Waals surface area contributed by atoms with Crippen molar-refractivity contribution in [3.63, 3.8) is 0 Å². The smallest absolute Gasteiger partial charge is 0.508 e. The Bertz CT molecular complexity index is 1900. The summed E-state index contributed by atoms with van der Waals surface area (Å²) in [5.74, 6) is -4.23. The van der Waals surface area contributed by atoms with Gasteiger partial charge in [-0.25, -0.2) is 19.2 Å². The Morgan fingerprint density at radius 2 is 1.40 bits per heavy atom. The van der Waals surface area contributed by atoms with Gasteiger partial charge in [0.15, 0.2) is 17.5 Å². The van der Waals surface area contributed by atoms with E-state index < -0.39 is 59.0 Å². The number of nitrogens with one attached hydrogen (secondary N) is 1. The van der Waals surface area contributed by atoms with E-state index in [-0.39, 0.29) is 47.0 Å². The summed E-state index contributed by atoms with van der Waals surface area (Å²) in [5, 5.41) is 21.2. The van der Waals surface area contributed by atoms with Gasteiger partial charge in [-0.05, 0) is 55.3 Å². The van der Waals surface area contributed by atoms with E-state index >= 15 is 0 Å². The number of amides is 1. The second-order valence-electron chi connectivity index (χ2n) is 9.65. The van der Waals surface area contributed by atoms with Crippen LogP contribution in [0.25, 0.3) is 11.0 Å². The zero-order valence-corrected chi connectivity index (χ0v) is 25.3. The molecule has 250 valence electrons. The molecule has 16 nitrogen and oxygen atoms in total. The van der Waals surface area contributed by atoms with E-state index in [1.54, 1.807) is 0 Å². The number of fused-ring (bicyclic) bond motifs is 1. The second kappa shape index (κ2) is 15.2. The fourth-order valence-electron chi connectivity index (χ4n) is 4.15. The van der Waals surface area contributed by atoms with Crippen molar-refractivity contribution in [3.8, 4) is 23.0 Å². The summed E-state index contributed by atoms with van der Waals surface area (Å²) in [6.45, 7) is 2.96. The zero-order valence-electron chi connectivity index (χ0n) is 25.3. The maximum absolute atomic E-state index is 13.3. The summed E-state index contributed by atoms with van der Waals surface area (Å²) in [4.78, 5) is 75.0. The van der Waals surface area contributed by atoms with Gasteiger partial charge in [-0.3, -0.25) is 9.59 Å². The van der Waals surface area contributed by atoms with Crippen molar-refractivity contribution < 1.29 is 62.3 Å². The van der Waals surface area contributed by atoms with Crippen LogP contribution in [0.3, 0.4) is 0 Å². The van der Waals surface area contributed by atoms with Gasteiger partial charge in [0.25, 0.3) is 5.91 Å². The Kier molecular flexibility index (Phi) is 10.9. The molecule has 0 aliphatic heterocycles. The number of carboxylic acid groups (broad SMARTS) is 1. The number of ether oxygens (including phenoxy) is 5. The monoisotopic (exact) mass is 664 g/mol. The molecule has 0 fully saturated rings. The number of aliphatic carboxylic acids is 1. The minimum absolute atomic E-state index is 0.0113. The minimum Gasteiger partial charge on any atom is -0.508 e. The SMILES string of the molecule is CCOC(=O)Oc1cc2occ(C(=O)NC(C(=O)O)c3ccc(OC(=O)C(N)c4ccc(O)cc4)cc3)c(=O)c2cc1OC(=O)OCC. The molecule has 0 aliphatic carbocycles. The van der Waals surface area contributed by atoms with Crippen molar-refractivity contribution in [1.29, 1.82) is 0 Å². The highest BCUT2D eigenvalue weighted by Gasteiger charge is 2.27. The van der Waals surface area contributed by atoms with E-state index in [0.29, 0.717) is 5.56 Å². The second-order valence-corrected chi connectivity index (χ2v) is 9.65. The molecular weight excluding hydrogens is 636 g/mol. The van der Waals surface area contributed by atoms with E-state index in [0.717, 1.165) is 18.4 Å². The number of carbonyl (C=O) groups excluding carboxylic acids is 4. The third-order valence-electron chi connectivity index (χ3n) is 6.45. The maximum Gasteiger partial charge on any atom is 0.513 e. The number of benzene rings is 3. The molecule has 2 atom stereocenters. The van der Waals surface area contributed by atoms with E-state index in [1.807, 2.05) is 0 Å². The average molecular weight is 665 g/mol. The lowest BCUT2D eigenvalue weighted by molar-refractivity contribution is -0.139. The van der Waals surface area contributed by atoms with Gasteiger partial charge in [0.2, 0.25) is 5.43 Å². The van der Waals surface area contributed by atoms with E-state index in [1.165, 1.54) is 62.4 Å². The Morgan fingerprint density at radius 1 is 0.833 bits per heavy atom. The van der Waals surface area contributed by atoms with E-state index in [2.05, 4.69) is 5.32 Å². The number of hydrogen-bond donors (Lipinski definition) is 4. The molecule has 4 aromatic rings. The fraction of sp³-hybridized carbons (Fsp3) is 0.188. The Labute approximate surface area is 270 Å². The average Bonchev–Trinajstić information content (AvgIpc) is 3.05. The summed E-state index contributed by atoms with van der Waals surface area (Å²) < 4.78 is 30.2. The largest absolute Gasteiger partial charge is 0.513 e. The standard InChI is InChI=1S/C32H28N2O14/c1-3-43-31(41)47-23-13-20-22(14-24(23)48-32(42)44-4-2)45-15-21(27(20)36)28(37)34-26(29(38)39)17-7-11-19(12-8-17)46-30(40)25(33)16-5-9-18(35)10-6-16/h5-15,25-26,35H,3-4,33H2,1-2H3,(H,34,37)(H,38,39). The molecule has 1 amide bonds. The molecule has 1 aromatic heterocycles. The lowest BCUT2D eigenvalue weighted by atomic mass is 10.1. The van der Waals surface area contributed by atoms with Crippen LogP contribution in [-0.2, 0) is 19.1 Å². The van der Waals surface area contributed by atoms with Crippen molar-refractivity contribution in [2.45, 2.75) is 25.9 Å². The van der Waals surface area contributed by atoms with Crippen LogP contribution in [0.1, 0.15) is 47.4 Å². The van der Waals surface area contributed by atoms with Gasteiger partial charge in [-0.2, -0.15) is 0 Å². The van der Waals surface area contributed by atoms with Gasteiger partial charge in [-0.15, -0.1) is 0 Å². The highest BCUT2D eigenvalue weighted by Crippen LogP contribution is 2.33. The number of phenols is 1. The summed E-state index contributed by atoms with van der Waals surface area (Å²) in [7, 11) is 0. The van der Waals surface area contributed by atoms with Crippen molar-refractivity contribution in [2.24, 2.45) is 5.73 Å². The first kappa shape index (κ1) is 34.5. The molecule has 0 bridgehead atoms. The number of aromatic hydroxyl groups is 1. The van der Waals surface area contributed by atoms with Crippen LogP contribution in [0.2, 0.25) is 0 Å². The quantitative estimate of drug-likeness (QED) is 0.101. The summed E-state index contributed by atoms with van der Waals surface area (Å²) in [6, 6.07) is 9.93. The van der Waals surface area contributed by atoms with Crippen LogP contribution in [-0.4, -0.2) is 53.6 Å². The number of phenolic OH excluding ortho intramolecular Hbond substituents is 1. The molecule has 0 saturated heterocycles. The van der Waals surface area contributed by atoms with Crippen LogP contribution in [0, 0.1) is 0 Å². The molecule has 2 unspecified atom stereocenters. The maximum atomic E-state index is 13.3. The van der Waals surface area contributed by atoms with Crippen molar-refractivity contribution in [1.82, 2.24) is 5.32 Å². The number of nitrogens with two attached hydrogens (primary N) is 1. The van der Waals surface area contributed by atoms with Gasteiger partial charge in [0.1, 0.15) is 35.0 Å². The Morgan fingerprint density at radius 3 is 1.96 bits per heavy atom. The molecule has 0 radical (unpaired) electrons. The fourth-order valence-corrected chi connectivity index (χ4v) is 4.15. The third kappa shape index (κ3) is 8.24. The summed E-state index contributed by atoms with van der Waals surface area (Å²) >= 11 is 0. The van der Waals surface area contributed by atoms with Gasteiger partial charge >= 0.3 is 24.2 Å². The van der Waals surface area contributed by atoms with E-state index in [4.69, 9.17) is 33.8 Å². The molecule has 5 N–H and O–H groups in total. The van der Waals surface area contributed by atoms with Gasteiger partial charge in [-0.1, -0.05) is 24.3 Å². The first-order chi connectivity index (χ1) is 22.9. The molecule has 4 rings (SSSR count). The highest BCUT2D eigenvalue weighted by molar-refractivity contribution is 5.99. The van der Waals surface area contributed by atoms with Gasteiger partial charge in [0, 0.05) is 6.07 Å². The van der Waals surface area contributed by atoms with Crippen molar-refractivity contribution in [3.05, 3.63) is 93.8 Å². The first-order valence-corrected chi connectivity index (χ1v) is 14.1. The van der Waals surface area contributed by atoms with Crippen LogP contribution >= 0.6 is 0 Å². The minimum atomic E-state index is -1.67. The molecule has 3 aromatic carbocycles. The van der Waals surface area contributed by atoms with Crippen LogP contribution in [0.5, 0.6) is 23.0 Å². The Balaban J connectivity index is 1.55. The van der Waals surface area contributed by atoms with Gasteiger partial charge in [0.05, 0.1) is 18.6 Å². The predicted molar refractivity (Wildman–Crippen MR) is 163 cm³/mol. The van der Waals surface area contributed by atoms with Crippen LogP contribution in [0.15, 0.2) is 76.1 Å². The highest BCUT2D eigenvalue weighted by atomic mass is 16.7. The molecular formula is C32H28N2O14. The number of carboxylic acids is 1. The lowest BCUT2D eigenvalue weighted by Gasteiger charge is -2.16. The van der Waals surface area contributed by atoms with Crippen molar-refractivity contribution in [2.75, 3.05) is 13.2 Å². The molecule has 16 heteroatoms. The summed E-state index contributed by atoms with van der Waals surface area (Å²) in [6.07, 6.45) is -1.56. The first-order valence-electron chi connectivity index (χ1n) is 14.1. The van der Waals surface area contributed by atoms with E-state index in [9.17, 15) is 39.0 Å². The van der Waals surface area contributed by atoms with Gasteiger partial charge < -0.3 is 49.4 Å². The Hall–Kier alpha value is -6.42. The molecule has 0 spiro atoms. The van der Waals surface area contributed by atoms with Crippen LogP contribution in [0.4, 0.5) is 9.59 Å². The number of esters is 1. The molecule has 1 heterocycles. The number of carbonyl (C=O) groups is 5. The predicted octanol–water partition coefficient (Wildman–Crippen LogP) is 3.73.